The van der Waals surface area contributed by atoms with Gasteiger partial charge < -0.3 is 5.32 Å². The van der Waals surface area contributed by atoms with Gasteiger partial charge in [-0.05, 0) is 43.0 Å². The molecule has 1 N–H and O–H groups in total. The van der Waals surface area contributed by atoms with Crippen molar-refractivity contribution in [3.8, 4) is 5.82 Å². The highest BCUT2D eigenvalue weighted by Gasteiger charge is 2.49. The summed E-state index contributed by atoms with van der Waals surface area (Å²) in [5.74, 6) is -1.68. The topological polar surface area (TPSA) is 76.9 Å². The summed E-state index contributed by atoms with van der Waals surface area (Å²) in [7, 11) is 0. The van der Waals surface area contributed by atoms with Crippen LogP contribution in [0.3, 0.4) is 0 Å². The first-order valence-electron chi connectivity index (χ1n) is 8.87. The molecule has 1 aliphatic rings. The van der Waals surface area contributed by atoms with Gasteiger partial charge in [0, 0.05) is 12.4 Å². The van der Waals surface area contributed by atoms with Gasteiger partial charge in [-0.3, -0.25) is 14.2 Å². The van der Waals surface area contributed by atoms with Crippen LogP contribution in [0.5, 0.6) is 0 Å². The summed E-state index contributed by atoms with van der Waals surface area (Å²) in [6.45, 7) is 0. The fraction of sp³-hybridized carbons (Fsp3) is 0.263. The fourth-order valence-corrected chi connectivity index (χ4v) is 3.53. The first-order valence-corrected chi connectivity index (χ1v) is 9.63. The van der Waals surface area contributed by atoms with Crippen molar-refractivity contribution in [2.24, 2.45) is 5.92 Å². The number of rotatable bonds is 4. The molecule has 3 aromatic heterocycles. The highest BCUT2D eigenvalue weighted by molar-refractivity contribution is 6.32. The second-order valence-corrected chi connectivity index (χ2v) is 7.68. The van der Waals surface area contributed by atoms with E-state index < -0.39 is 35.0 Å². The number of hydrogen-bond donors (Lipinski definition) is 1. The van der Waals surface area contributed by atoms with E-state index in [4.69, 9.17) is 23.2 Å². The van der Waals surface area contributed by atoms with Crippen molar-refractivity contribution >= 4 is 40.1 Å². The lowest BCUT2D eigenvalue weighted by atomic mass is 10.1. The van der Waals surface area contributed by atoms with Gasteiger partial charge in [0.05, 0.1) is 10.4 Å². The van der Waals surface area contributed by atoms with Gasteiger partial charge in [0.2, 0.25) is 5.43 Å². The minimum absolute atomic E-state index is 0.0104. The number of amides is 1. The average molecular weight is 457 g/mol. The summed E-state index contributed by atoms with van der Waals surface area (Å²) in [6, 6.07) is 3.79. The number of carbonyl (C=O) groups excluding carboxylic acids is 1. The molecule has 11 heteroatoms. The standard InChI is InChI=1S/C19H13Cl2F3N4O2/c20-12-2-1-7-25-17(12)28-8-11(14(29)10-5-6-13(21)26-16(10)28)18(30)27-15(9-3-4-9)19(22,23)24/h1-2,5-9,15H,3-4H2,(H,27,30). The van der Waals surface area contributed by atoms with Crippen LogP contribution in [0.15, 0.2) is 41.5 Å². The van der Waals surface area contributed by atoms with Gasteiger partial charge in [0.15, 0.2) is 11.5 Å². The Morgan fingerprint density at radius 3 is 2.60 bits per heavy atom. The number of nitrogens with zero attached hydrogens (tertiary/aromatic N) is 3. The van der Waals surface area contributed by atoms with E-state index in [1.807, 2.05) is 5.32 Å². The van der Waals surface area contributed by atoms with E-state index in [1.54, 1.807) is 6.07 Å². The molecule has 156 valence electrons. The molecule has 0 bridgehead atoms. The molecule has 3 aromatic rings. The molecule has 1 saturated carbocycles. The Kier molecular flexibility index (Phi) is 5.19. The van der Waals surface area contributed by atoms with Crippen molar-refractivity contribution in [2.75, 3.05) is 0 Å². The predicted octanol–water partition coefficient (Wildman–Crippen LogP) is 4.16. The maximum atomic E-state index is 13.3. The molecule has 0 aromatic carbocycles. The largest absolute Gasteiger partial charge is 0.408 e. The van der Waals surface area contributed by atoms with Crippen LogP contribution in [0.25, 0.3) is 16.9 Å². The second-order valence-electron chi connectivity index (χ2n) is 6.89. The van der Waals surface area contributed by atoms with Gasteiger partial charge in [0.1, 0.15) is 16.8 Å². The average Bonchev–Trinajstić information content (AvgIpc) is 3.51. The van der Waals surface area contributed by atoms with Crippen molar-refractivity contribution < 1.29 is 18.0 Å². The van der Waals surface area contributed by atoms with Crippen LogP contribution in [0.4, 0.5) is 13.2 Å². The van der Waals surface area contributed by atoms with Gasteiger partial charge in [-0.25, -0.2) is 9.97 Å². The summed E-state index contributed by atoms with van der Waals surface area (Å²) in [6.07, 6.45) is -1.39. The molecular formula is C19H13Cl2F3N4O2. The van der Waals surface area contributed by atoms with E-state index in [9.17, 15) is 22.8 Å². The van der Waals surface area contributed by atoms with Crippen molar-refractivity contribution in [3.05, 3.63) is 62.6 Å². The van der Waals surface area contributed by atoms with Gasteiger partial charge in [0.25, 0.3) is 5.91 Å². The number of hydrogen-bond acceptors (Lipinski definition) is 4. The van der Waals surface area contributed by atoms with Crippen LogP contribution < -0.4 is 10.7 Å². The minimum atomic E-state index is -4.62. The van der Waals surface area contributed by atoms with E-state index >= 15 is 0 Å². The Hall–Kier alpha value is -2.65. The van der Waals surface area contributed by atoms with Crippen LogP contribution in [0, 0.1) is 5.92 Å². The molecular weight excluding hydrogens is 444 g/mol. The highest BCUT2D eigenvalue weighted by atomic mass is 35.5. The molecule has 1 unspecified atom stereocenters. The van der Waals surface area contributed by atoms with Crippen LogP contribution in [-0.2, 0) is 0 Å². The lowest BCUT2D eigenvalue weighted by Gasteiger charge is -2.21. The summed E-state index contributed by atoms with van der Waals surface area (Å²) in [5, 5.41) is 2.21. The Labute approximate surface area is 177 Å². The molecule has 1 amide bonds. The minimum Gasteiger partial charge on any atom is -0.340 e. The van der Waals surface area contributed by atoms with Crippen molar-refractivity contribution in [3.63, 3.8) is 0 Å². The maximum Gasteiger partial charge on any atom is 0.408 e. The number of aromatic nitrogens is 3. The van der Waals surface area contributed by atoms with Crippen LogP contribution in [-0.4, -0.2) is 32.7 Å². The monoisotopic (exact) mass is 456 g/mol. The van der Waals surface area contributed by atoms with E-state index in [1.165, 1.54) is 29.0 Å². The van der Waals surface area contributed by atoms with Gasteiger partial charge in [-0.1, -0.05) is 23.2 Å². The van der Waals surface area contributed by atoms with Gasteiger partial charge in [-0.15, -0.1) is 0 Å². The zero-order valence-electron chi connectivity index (χ0n) is 15.1. The fourth-order valence-electron chi connectivity index (χ4n) is 3.17. The second kappa shape index (κ2) is 7.55. The molecule has 1 fully saturated rings. The van der Waals surface area contributed by atoms with Crippen LogP contribution >= 0.6 is 23.2 Å². The molecule has 0 spiro atoms. The van der Waals surface area contributed by atoms with Crippen LogP contribution in [0.2, 0.25) is 10.2 Å². The first-order chi connectivity index (χ1) is 14.2. The lowest BCUT2D eigenvalue weighted by Crippen LogP contribution is -2.48. The predicted molar refractivity (Wildman–Crippen MR) is 105 cm³/mol. The van der Waals surface area contributed by atoms with E-state index in [0.717, 1.165) is 6.20 Å². The summed E-state index contributed by atoms with van der Waals surface area (Å²) >= 11 is 12.1. The maximum absolute atomic E-state index is 13.3. The normalized spacial score (nSPS) is 15.2. The van der Waals surface area contributed by atoms with E-state index in [-0.39, 0.29) is 27.0 Å². The third-order valence-corrected chi connectivity index (χ3v) is 5.27. The number of fused-ring (bicyclic) bond motifs is 1. The molecule has 4 rings (SSSR count). The smallest absolute Gasteiger partial charge is 0.340 e. The van der Waals surface area contributed by atoms with Crippen molar-refractivity contribution in [1.29, 1.82) is 0 Å². The molecule has 30 heavy (non-hydrogen) atoms. The molecule has 3 heterocycles. The molecule has 0 radical (unpaired) electrons. The van der Waals surface area contributed by atoms with Crippen molar-refractivity contribution in [2.45, 2.75) is 25.1 Å². The zero-order valence-corrected chi connectivity index (χ0v) is 16.6. The lowest BCUT2D eigenvalue weighted by molar-refractivity contribution is -0.158. The van der Waals surface area contributed by atoms with E-state index in [0.29, 0.717) is 12.8 Å². The third kappa shape index (κ3) is 3.87. The Bertz CT molecular complexity index is 1210. The Balaban J connectivity index is 1.88. The number of nitrogens with one attached hydrogen (secondary N) is 1. The molecule has 1 aliphatic carbocycles. The van der Waals surface area contributed by atoms with Gasteiger partial charge in [-0.2, -0.15) is 13.2 Å². The summed E-state index contributed by atoms with van der Waals surface area (Å²) in [5.41, 5.74) is -1.19. The quantitative estimate of drug-likeness (QED) is 0.598. The van der Waals surface area contributed by atoms with Crippen molar-refractivity contribution in [1.82, 2.24) is 19.9 Å². The zero-order chi connectivity index (χ0) is 21.6. The summed E-state index contributed by atoms with van der Waals surface area (Å²) in [4.78, 5) is 33.8. The highest BCUT2D eigenvalue weighted by Crippen LogP contribution is 2.40. The Morgan fingerprint density at radius 2 is 1.97 bits per heavy atom. The Morgan fingerprint density at radius 1 is 1.23 bits per heavy atom. The number of pyridine rings is 3. The molecule has 6 nitrogen and oxygen atoms in total. The molecule has 1 atom stereocenters. The number of halogens is 5. The third-order valence-electron chi connectivity index (χ3n) is 4.76. The molecule has 0 aliphatic heterocycles. The summed E-state index contributed by atoms with van der Waals surface area (Å²) < 4.78 is 41.3. The van der Waals surface area contributed by atoms with Gasteiger partial charge >= 0.3 is 6.18 Å². The van der Waals surface area contributed by atoms with E-state index in [2.05, 4.69) is 9.97 Å². The first kappa shape index (κ1) is 20.6. The number of carbonyl (C=O) groups is 1. The SMILES string of the molecule is O=C(NC(C1CC1)C(F)(F)F)c1cn(-c2ncccc2Cl)c2nc(Cl)ccc2c1=O. The van der Waals surface area contributed by atoms with Crippen LogP contribution in [0.1, 0.15) is 23.2 Å². The number of alkyl halides is 3. The molecule has 0 saturated heterocycles.